The van der Waals surface area contributed by atoms with E-state index < -0.39 is 0 Å². The molecule has 1 atom stereocenters. The number of hydrogen-bond acceptors (Lipinski definition) is 2. The summed E-state index contributed by atoms with van der Waals surface area (Å²) in [6, 6.07) is 6.54. The Balaban J connectivity index is 1.85. The van der Waals surface area contributed by atoms with E-state index in [0.29, 0.717) is 23.6 Å². The van der Waals surface area contributed by atoms with Crippen LogP contribution in [-0.2, 0) is 13.0 Å². The van der Waals surface area contributed by atoms with Crippen molar-refractivity contribution in [3.63, 3.8) is 0 Å². The molecular weight excluding hydrogens is 305 g/mol. The Hall–Kier alpha value is -2.17. The van der Waals surface area contributed by atoms with Crippen LogP contribution >= 0.6 is 0 Å². The minimum absolute atomic E-state index is 0.0404. The monoisotopic (exact) mass is 329 g/mol. The van der Waals surface area contributed by atoms with Crippen LogP contribution in [0.1, 0.15) is 54.8 Å². The predicted molar refractivity (Wildman–Crippen MR) is 91.2 cm³/mol. The molecule has 1 aromatic heterocycles. The quantitative estimate of drug-likeness (QED) is 0.836. The van der Waals surface area contributed by atoms with Gasteiger partial charge in [0.15, 0.2) is 0 Å². The number of amides is 1. The summed E-state index contributed by atoms with van der Waals surface area (Å²) in [5.41, 5.74) is 2.22. The van der Waals surface area contributed by atoms with Crippen molar-refractivity contribution in [1.29, 1.82) is 0 Å². The van der Waals surface area contributed by atoms with Gasteiger partial charge in [-0.2, -0.15) is 5.10 Å². The molecule has 0 saturated carbocycles. The summed E-state index contributed by atoms with van der Waals surface area (Å²) in [6.45, 7) is 7.76. The average molecular weight is 329 g/mol. The smallest absolute Gasteiger partial charge is 0.257 e. The maximum Gasteiger partial charge on any atom is 0.257 e. The van der Waals surface area contributed by atoms with Crippen molar-refractivity contribution < 1.29 is 9.18 Å². The van der Waals surface area contributed by atoms with Crippen LogP contribution in [0.4, 0.5) is 4.39 Å². The van der Waals surface area contributed by atoms with Crippen LogP contribution in [-0.4, -0.2) is 27.1 Å². The highest BCUT2D eigenvalue weighted by Crippen LogP contribution is 2.36. The van der Waals surface area contributed by atoms with Crippen molar-refractivity contribution in [2.45, 2.75) is 46.2 Å². The molecule has 1 amide bonds. The van der Waals surface area contributed by atoms with Gasteiger partial charge in [0.2, 0.25) is 0 Å². The SMILES string of the molecule is CCc1c(C(=O)N2CC[C@H]2c2ccccc2F)cnn1CC(C)C. The lowest BCUT2D eigenvalue weighted by atomic mass is 9.93. The number of hydrogen-bond donors (Lipinski definition) is 0. The zero-order valence-corrected chi connectivity index (χ0v) is 14.5. The highest BCUT2D eigenvalue weighted by Gasteiger charge is 2.36. The third kappa shape index (κ3) is 2.95. The number of rotatable bonds is 5. The molecule has 0 radical (unpaired) electrons. The molecule has 0 spiro atoms. The second kappa shape index (κ2) is 6.75. The first-order valence-electron chi connectivity index (χ1n) is 8.63. The molecule has 1 aliphatic heterocycles. The van der Waals surface area contributed by atoms with E-state index in [1.165, 1.54) is 6.07 Å². The van der Waals surface area contributed by atoms with Crippen LogP contribution in [0.3, 0.4) is 0 Å². The Morgan fingerprint density at radius 3 is 2.71 bits per heavy atom. The molecule has 2 heterocycles. The fraction of sp³-hybridized carbons (Fsp3) is 0.474. The van der Waals surface area contributed by atoms with E-state index >= 15 is 0 Å². The first-order valence-corrected chi connectivity index (χ1v) is 8.63. The average Bonchev–Trinajstić information content (AvgIpc) is 2.90. The van der Waals surface area contributed by atoms with Gasteiger partial charge in [-0.05, 0) is 24.8 Å². The van der Waals surface area contributed by atoms with Crippen molar-refractivity contribution in [1.82, 2.24) is 14.7 Å². The second-order valence-corrected chi connectivity index (χ2v) is 6.76. The summed E-state index contributed by atoms with van der Waals surface area (Å²) in [4.78, 5) is 14.7. The normalized spacial score (nSPS) is 17.2. The van der Waals surface area contributed by atoms with Crippen LogP contribution in [0.25, 0.3) is 0 Å². The fourth-order valence-corrected chi connectivity index (χ4v) is 3.32. The minimum atomic E-state index is -0.244. The van der Waals surface area contributed by atoms with Gasteiger partial charge in [0.25, 0.3) is 5.91 Å². The van der Waals surface area contributed by atoms with Crippen molar-refractivity contribution in [3.05, 3.63) is 53.1 Å². The van der Waals surface area contributed by atoms with E-state index in [4.69, 9.17) is 0 Å². The molecular formula is C19H24FN3O. The Morgan fingerprint density at radius 1 is 1.38 bits per heavy atom. The lowest BCUT2D eigenvalue weighted by molar-refractivity contribution is 0.0451. The van der Waals surface area contributed by atoms with E-state index in [-0.39, 0.29) is 17.8 Å². The number of carbonyl (C=O) groups is 1. The lowest BCUT2D eigenvalue weighted by Crippen LogP contribution is -2.45. The Morgan fingerprint density at radius 2 is 2.12 bits per heavy atom. The van der Waals surface area contributed by atoms with Gasteiger partial charge >= 0.3 is 0 Å². The molecule has 0 unspecified atom stereocenters. The van der Waals surface area contributed by atoms with Gasteiger partial charge in [-0.1, -0.05) is 39.0 Å². The van der Waals surface area contributed by atoms with Crippen LogP contribution in [0, 0.1) is 11.7 Å². The first kappa shape index (κ1) is 16.7. The van der Waals surface area contributed by atoms with E-state index in [2.05, 4.69) is 18.9 Å². The molecule has 0 bridgehead atoms. The van der Waals surface area contributed by atoms with Gasteiger partial charge in [-0.3, -0.25) is 9.48 Å². The van der Waals surface area contributed by atoms with Gasteiger partial charge in [-0.15, -0.1) is 0 Å². The van der Waals surface area contributed by atoms with Crippen LogP contribution < -0.4 is 0 Å². The highest BCUT2D eigenvalue weighted by atomic mass is 19.1. The Bertz CT molecular complexity index is 738. The van der Waals surface area contributed by atoms with Gasteiger partial charge < -0.3 is 4.90 Å². The second-order valence-electron chi connectivity index (χ2n) is 6.76. The van der Waals surface area contributed by atoms with Crippen molar-refractivity contribution in [2.24, 2.45) is 5.92 Å². The molecule has 2 aromatic rings. The van der Waals surface area contributed by atoms with Gasteiger partial charge in [0, 0.05) is 18.7 Å². The summed E-state index contributed by atoms with van der Waals surface area (Å²) in [5, 5.41) is 4.40. The molecule has 4 nitrogen and oxygen atoms in total. The number of benzene rings is 1. The zero-order valence-electron chi connectivity index (χ0n) is 14.5. The van der Waals surface area contributed by atoms with Gasteiger partial charge in [0.05, 0.1) is 23.5 Å². The fourth-order valence-electron chi connectivity index (χ4n) is 3.32. The molecule has 128 valence electrons. The van der Waals surface area contributed by atoms with Gasteiger partial charge in [0.1, 0.15) is 5.82 Å². The van der Waals surface area contributed by atoms with E-state index in [9.17, 15) is 9.18 Å². The molecule has 1 fully saturated rings. The number of nitrogens with zero attached hydrogens (tertiary/aromatic N) is 3. The summed E-state index contributed by atoms with van der Waals surface area (Å²) in [5.74, 6) is 0.181. The van der Waals surface area contributed by atoms with Gasteiger partial charge in [-0.25, -0.2) is 4.39 Å². The standard InChI is InChI=1S/C19H24FN3O/c1-4-17-15(11-21-23(17)12-13(2)3)19(24)22-10-9-18(22)14-7-5-6-8-16(14)20/h5-8,11,13,18H,4,9-10,12H2,1-3H3/t18-/m0/s1. The largest absolute Gasteiger partial charge is 0.331 e. The third-order valence-electron chi connectivity index (χ3n) is 4.60. The Labute approximate surface area is 142 Å². The van der Waals surface area contributed by atoms with E-state index in [0.717, 1.165) is 25.1 Å². The lowest BCUT2D eigenvalue weighted by Gasteiger charge is -2.41. The first-order chi connectivity index (χ1) is 11.5. The highest BCUT2D eigenvalue weighted by molar-refractivity contribution is 5.96. The molecule has 3 rings (SSSR count). The molecule has 0 N–H and O–H groups in total. The molecule has 24 heavy (non-hydrogen) atoms. The van der Waals surface area contributed by atoms with Crippen molar-refractivity contribution in [3.8, 4) is 0 Å². The van der Waals surface area contributed by atoms with E-state index in [1.807, 2.05) is 17.7 Å². The molecule has 1 saturated heterocycles. The summed E-state index contributed by atoms with van der Waals surface area (Å²) in [7, 11) is 0. The number of carbonyl (C=O) groups excluding carboxylic acids is 1. The zero-order chi connectivity index (χ0) is 17.3. The number of likely N-dealkylation sites (tertiary alicyclic amines) is 1. The summed E-state index contributed by atoms with van der Waals surface area (Å²) < 4.78 is 16.0. The van der Waals surface area contributed by atoms with Crippen LogP contribution in [0.5, 0.6) is 0 Å². The summed E-state index contributed by atoms with van der Waals surface area (Å²) >= 11 is 0. The topological polar surface area (TPSA) is 38.1 Å². The maximum atomic E-state index is 14.0. The number of aromatic nitrogens is 2. The van der Waals surface area contributed by atoms with Crippen LogP contribution in [0.15, 0.2) is 30.5 Å². The molecule has 5 heteroatoms. The molecule has 0 aliphatic carbocycles. The Kier molecular flexibility index (Phi) is 4.69. The number of halogens is 1. The third-order valence-corrected chi connectivity index (χ3v) is 4.60. The predicted octanol–water partition coefficient (Wildman–Crippen LogP) is 3.83. The van der Waals surface area contributed by atoms with Crippen molar-refractivity contribution >= 4 is 5.91 Å². The van der Waals surface area contributed by atoms with Crippen molar-refractivity contribution in [2.75, 3.05) is 6.54 Å². The summed E-state index contributed by atoms with van der Waals surface area (Å²) in [6.07, 6.45) is 3.22. The molecule has 1 aromatic carbocycles. The minimum Gasteiger partial charge on any atom is -0.331 e. The molecule has 1 aliphatic rings. The maximum absolute atomic E-state index is 14.0. The van der Waals surface area contributed by atoms with Crippen LogP contribution in [0.2, 0.25) is 0 Å². The van der Waals surface area contributed by atoms with E-state index in [1.54, 1.807) is 23.2 Å².